The van der Waals surface area contributed by atoms with Gasteiger partial charge in [0.05, 0.1) is 21.3 Å². The molecule has 0 aliphatic carbocycles. The summed E-state index contributed by atoms with van der Waals surface area (Å²) in [6.45, 7) is 0. The molecule has 0 aliphatic rings. The topological polar surface area (TPSA) is 74.2 Å². The maximum atomic E-state index is 11.5. The van der Waals surface area contributed by atoms with Gasteiger partial charge in [0.2, 0.25) is 5.76 Å². The molecule has 0 atom stereocenters. The molecule has 2 aromatic rings. The zero-order valence-corrected chi connectivity index (χ0v) is 13.6. The number of hydrogen-bond acceptors (Lipinski definition) is 5. The third kappa shape index (κ3) is 3.98. The van der Waals surface area contributed by atoms with Crippen LogP contribution >= 0.6 is 0 Å². The van der Waals surface area contributed by atoms with Crippen LogP contribution in [0.25, 0.3) is 6.08 Å². The van der Waals surface area contributed by atoms with Crippen LogP contribution in [0.3, 0.4) is 0 Å². The molecule has 1 N–H and O–H groups in total. The number of carbonyl (C=O) groups is 1. The third-order valence-corrected chi connectivity index (χ3v) is 3.21. The highest BCUT2D eigenvalue weighted by Gasteiger charge is 2.14. The first kappa shape index (κ1) is 17.2. The van der Waals surface area contributed by atoms with Gasteiger partial charge < -0.3 is 24.1 Å². The fraction of sp³-hybridized carbons (Fsp3) is 0.167. The van der Waals surface area contributed by atoms with Crippen molar-refractivity contribution in [3.63, 3.8) is 0 Å². The van der Waals surface area contributed by atoms with Gasteiger partial charge in [-0.05, 0) is 35.9 Å². The van der Waals surface area contributed by atoms with E-state index >= 15 is 0 Å². The van der Waals surface area contributed by atoms with Crippen LogP contribution in [0.2, 0.25) is 0 Å². The molecule has 0 heterocycles. The summed E-state index contributed by atoms with van der Waals surface area (Å²) in [6, 6.07) is 11.9. The minimum Gasteiger partial charge on any atom is -0.493 e. The van der Waals surface area contributed by atoms with Gasteiger partial charge in [-0.2, -0.15) is 0 Å². The van der Waals surface area contributed by atoms with Gasteiger partial charge in [-0.15, -0.1) is 0 Å². The fourth-order valence-corrected chi connectivity index (χ4v) is 2.05. The van der Waals surface area contributed by atoms with E-state index in [0.29, 0.717) is 28.6 Å². The van der Waals surface area contributed by atoms with Crippen molar-refractivity contribution in [2.24, 2.45) is 0 Å². The molecule has 6 nitrogen and oxygen atoms in total. The number of hydrogen-bond donors (Lipinski definition) is 1. The molecule has 0 spiro atoms. The standard InChI is InChI=1S/C18H18O6/c1-21-13-6-4-5-7-15(13)24-17(18(19)20)11-12-8-9-14(22-2)16(10-12)23-3/h4-11H,1-3H3,(H,19,20). The Morgan fingerprint density at radius 3 is 2.04 bits per heavy atom. The maximum Gasteiger partial charge on any atom is 0.371 e. The second-order valence-corrected chi connectivity index (χ2v) is 4.68. The van der Waals surface area contributed by atoms with Crippen LogP contribution in [0.15, 0.2) is 48.2 Å². The van der Waals surface area contributed by atoms with Crippen LogP contribution in [0, 0.1) is 0 Å². The Hall–Kier alpha value is -3.15. The van der Waals surface area contributed by atoms with Gasteiger partial charge in [0.25, 0.3) is 0 Å². The molecule has 0 unspecified atom stereocenters. The number of ether oxygens (including phenoxy) is 4. The number of rotatable bonds is 7. The van der Waals surface area contributed by atoms with Crippen LogP contribution in [0.4, 0.5) is 0 Å². The van der Waals surface area contributed by atoms with Crippen molar-refractivity contribution >= 4 is 12.0 Å². The molecule has 0 aliphatic heterocycles. The molecule has 2 aromatic carbocycles. The Labute approximate surface area is 139 Å². The molecular formula is C18H18O6. The number of carboxylic acid groups (broad SMARTS) is 1. The Morgan fingerprint density at radius 1 is 0.875 bits per heavy atom. The van der Waals surface area contributed by atoms with Crippen LogP contribution in [-0.4, -0.2) is 32.4 Å². The molecule has 0 aromatic heterocycles. The second-order valence-electron chi connectivity index (χ2n) is 4.68. The molecular weight excluding hydrogens is 312 g/mol. The van der Waals surface area contributed by atoms with Crippen molar-refractivity contribution in [2.75, 3.05) is 21.3 Å². The Balaban J connectivity index is 2.37. The molecule has 2 rings (SSSR count). The zero-order valence-electron chi connectivity index (χ0n) is 13.6. The van der Waals surface area contributed by atoms with E-state index in [0.717, 1.165) is 0 Å². The molecule has 24 heavy (non-hydrogen) atoms. The Morgan fingerprint density at radius 2 is 1.46 bits per heavy atom. The van der Waals surface area contributed by atoms with Gasteiger partial charge in [-0.25, -0.2) is 4.79 Å². The number of benzene rings is 2. The lowest BCUT2D eigenvalue weighted by Crippen LogP contribution is -2.08. The smallest absolute Gasteiger partial charge is 0.371 e. The van der Waals surface area contributed by atoms with E-state index in [-0.39, 0.29) is 5.76 Å². The highest BCUT2D eigenvalue weighted by molar-refractivity contribution is 5.90. The lowest BCUT2D eigenvalue weighted by atomic mass is 10.1. The molecule has 0 radical (unpaired) electrons. The lowest BCUT2D eigenvalue weighted by molar-refractivity contribution is -0.134. The van der Waals surface area contributed by atoms with Crippen LogP contribution in [-0.2, 0) is 4.79 Å². The van der Waals surface area contributed by atoms with Gasteiger partial charge in [-0.3, -0.25) is 0 Å². The first-order valence-corrected chi connectivity index (χ1v) is 7.07. The summed E-state index contributed by atoms with van der Waals surface area (Å²) in [6.07, 6.45) is 1.40. The number of para-hydroxylation sites is 2. The minimum absolute atomic E-state index is 0.244. The first-order valence-electron chi connectivity index (χ1n) is 7.07. The average Bonchev–Trinajstić information content (AvgIpc) is 2.61. The Bertz CT molecular complexity index is 751. The van der Waals surface area contributed by atoms with Crippen molar-refractivity contribution in [3.8, 4) is 23.0 Å². The number of carboxylic acids is 1. The Kier molecular flexibility index (Phi) is 5.68. The van der Waals surface area contributed by atoms with E-state index in [9.17, 15) is 9.90 Å². The van der Waals surface area contributed by atoms with Gasteiger partial charge in [0.15, 0.2) is 23.0 Å². The maximum absolute atomic E-state index is 11.5. The molecule has 0 saturated carbocycles. The highest BCUT2D eigenvalue weighted by Crippen LogP contribution is 2.30. The molecule has 0 amide bonds. The van der Waals surface area contributed by atoms with E-state index in [1.165, 1.54) is 27.4 Å². The van der Waals surface area contributed by atoms with E-state index in [1.807, 2.05) is 0 Å². The summed E-state index contributed by atoms with van der Waals surface area (Å²) in [5.41, 5.74) is 0.597. The normalized spacial score (nSPS) is 10.9. The monoisotopic (exact) mass is 330 g/mol. The minimum atomic E-state index is -1.20. The van der Waals surface area contributed by atoms with Gasteiger partial charge in [0, 0.05) is 0 Å². The summed E-state index contributed by atoms with van der Waals surface area (Å²) >= 11 is 0. The second kappa shape index (κ2) is 7.92. The molecule has 6 heteroatoms. The van der Waals surface area contributed by atoms with Crippen LogP contribution in [0.1, 0.15) is 5.56 Å². The van der Waals surface area contributed by atoms with Crippen molar-refractivity contribution in [1.29, 1.82) is 0 Å². The molecule has 0 bridgehead atoms. The van der Waals surface area contributed by atoms with Gasteiger partial charge in [-0.1, -0.05) is 18.2 Å². The van der Waals surface area contributed by atoms with Crippen LogP contribution < -0.4 is 18.9 Å². The van der Waals surface area contributed by atoms with E-state index < -0.39 is 5.97 Å². The predicted octanol–water partition coefficient (Wildman–Crippen LogP) is 3.22. The predicted molar refractivity (Wildman–Crippen MR) is 88.8 cm³/mol. The summed E-state index contributed by atoms with van der Waals surface area (Å²) in [7, 11) is 4.52. The molecule has 126 valence electrons. The van der Waals surface area contributed by atoms with Crippen molar-refractivity contribution in [2.45, 2.75) is 0 Å². The summed E-state index contributed by atoms with van der Waals surface area (Å²) in [4.78, 5) is 11.5. The first-order chi connectivity index (χ1) is 11.6. The largest absolute Gasteiger partial charge is 0.493 e. The number of aliphatic carboxylic acids is 1. The average molecular weight is 330 g/mol. The van der Waals surface area contributed by atoms with Crippen molar-refractivity contribution in [1.82, 2.24) is 0 Å². The lowest BCUT2D eigenvalue weighted by Gasteiger charge is -2.11. The molecule has 0 fully saturated rings. The van der Waals surface area contributed by atoms with Gasteiger partial charge in [0.1, 0.15) is 0 Å². The SMILES string of the molecule is COc1ccc(C=C(Oc2ccccc2OC)C(=O)O)cc1OC. The highest BCUT2D eigenvalue weighted by atomic mass is 16.5. The van der Waals surface area contributed by atoms with Gasteiger partial charge >= 0.3 is 5.97 Å². The van der Waals surface area contributed by atoms with Crippen molar-refractivity contribution < 1.29 is 28.8 Å². The third-order valence-electron chi connectivity index (χ3n) is 3.21. The summed E-state index contributed by atoms with van der Waals surface area (Å²) in [5.74, 6) is 0.360. The summed E-state index contributed by atoms with van der Waals surface area (Å²) < 4.78 is 21.0. The fourth-order valence-electron chi connectivity index (χ4n) is 2.05. The van der Waals surface area contributed by atoms with E-state index in [2.05, 4.69) is 0 Å². The van der Waals surface area contributed by atoms with E-state index in [1.54, 1.807) is 42.5 Å². The zero-order chi connectivity index (χ0) is 17.5. The summed E-state index contributed by atoms with van der Waals surface area (Å²) in [5, 5.41) is 9.40. The number of methoxy groups -OCH3 is 3. The van der Waals surface area contributed by atoms with E-state index in [4.69, 9.17) is 18.9 Å². The quantitative estimate of drug-likeness (QED) is 0.621. The van der Waals surface area contributed by atoms with Crippen molar-refractivity contribution in [3.05, 3.63) is 53.8 Å². The molecule has 0 saturated heterocycles. The van der Waals surface area contributed by atoms with Crippen LogP contribution in [0.5, 0.6) is 23.0 Å².